The molecule has 0 spiro atoms. The Bertz CT molecular complexity index is 1060. The van der Waals surface area contributed by atoms with Crippen LogP contribution in [0.4, 0.5) is 0 Å². The molecule has 1 atom stereocenters. The van der Waals surface area contributed by atoms with Gasteiger partial charge in [-0.25, -0.2) is 0 Å². The van der Waals surface area contributed by atoms with Gasteiger partial charge in [-0.3, -0.25) is 9.59 Å². The van der Waals surface area contributed by atoms with E-state index < -0.39 is 17.9 Å². The van der Waals surface area contributed by atoms with Crippen LogP contribution >= 0.6 is 0 Å². The molecule has 0 saturated carbocycles. The van der Waals surface area contributed by atoms with Gasteiger partial charge < -0.3 is 29.0 Å². The Morgan fingerprint density at radius 1 is 0.886 bits per heavy atom. The first-order chi connectivity index (χ1) is 16.9. The predicted octanol–water partition coefficient (Wildman–Crippen LogP) is 4.27. The highest BCUT2D eigenvalue weighted by molar-refractivity contribution is 5.92. The summed E-state index contributed by atoms with van der Waals surface area (Å²) in [5, 5.41) is 2.84. The highest BCUT2D eigenvalue weighted by Crippen LogP contribution is 2.31. The van der Waals surface area contributed by atoms with Gasteiger partial charge in [-0.1, -0.05) is 37.4 Å². The molecule has 1 N–H and O–H groups in total. The summed E-state index contributed by atoms with van der Waals surface area (Å²) in [4.78, 5) is 24.7. The van der Waals surface area contributed by atoms with E-state index in [1.807, 2.05) is 0 Å². The Morgan fingerprint density at radius 3 is 2.17 bits per heavy atom. The van der Waals surface area contributed by atoms with E-state index in [-0.39, 0.29) is 6.42 Å². The van der Waals surface area contributed by atoms with Gasteiger partial charge in [-0.05, 0) is 41.5 Å². The molecular weight excluding hydrogens is 450 g/mol. The molecule has 8 heteroatoms. The van der Waals surface area contributed by atoms with E-state index in [2.05, 4.69) is 18.5 Å². The van der Waals surface area contributed by atoms with Crippen molar-refractivity contribution in [2.75, 3.05) is 34.5 Å². The van der Waals surface area contributed by atoms with Gasteiger partial charge in [-0.2, -0.15) is 0 Å². The van der Waals surface area contributed by atoms with Crippen molar-refractivity contribution in [3.05, 3.63) is 78.9 Å². The quantitative estimate of drug-likeness (QED) is 0.245. The number of esters is 1. The second-order valence-corrected chi connectivity index (χ2v) is 7.19. The molecule has 0 heterocycles. The number of hydrogen-bond donors (Lipinski definition) is 1. The van der Waals surface area contributed by atoms with E-state index in [9.17, 15) is 9.59 Å². The molecule has 0 aromatic heterocycles. The van der Waals surface area contributed by atoms with Crippen LogP contribution in [0.1, 0.15) is 23.6 Å². The Morgan fingerprint density at radius 2 is 1.54 bits per heavy atom. The van der Waals surface area contributed by atoms with E-state index in [0.29, 0.717) is 41.8 Å². The first-order valence-corrected chi connectivity index (χ1v) is 10.8. The molecule has 0 radical (unpaired) electrons. The zero-order chi connectivity index (χ0) is 25.6. The summed E-state index contributed by atoms with van der Waals surface area (Å²) in [6.07, 6.45) is 6.22. The number of carbonyl (C=O) groups is 2. The van der Waals surface area contributed by atoms with Gasteiger partial charge in [0.25, 0.3) is 0 Å². The zero-order valence-electron chi connectivity index (χ0n) is 20.2. The smallest absolute Gasteiger partial charge is 0.307 e. The number of carbonyl (C=O) groups excluding carboxylic acids is 2. The molecule has 186 valence electrons. The maximum Gasteiger partial charge on any atom is 0.307 e. The van der Waals surface area contributed by atoms with Crippen molar-refractivity contribution in [1.29, 1.82) is 0 Å². The van der Waals surface area contributed by atoms with Crippen molar-refractivity contribution in [1.82, 2.24) is 5.32 Å². The minimum absolute atomic E-state index is 0.0551. The van der Waals surface area contributed by atoms with Crippen LogP contribution in [-0.2, 0) is 14.3 Å². The molecule has 0 aliphatic rings. The third-order valence-corrected chi connectivity index (χ3v) is 4.83. The maximum absolute atomic E-state index is 12.7. The lowest BCUT2D eigenvalue weighted by atomic mass is 10.0. The van der Waals surface area contributed by atoms with Crippen LogP contribution < -0.4 is 24.3 Å². The van der Waals surface area contributed by atoms with E-state index in [4.69, 9.17) is 23.7 Å². The number of methoxy groups -OCH3 is 3. The SMILES string of the molecule is C=CCOc1ccc(/C=C/C(=O)NC(CC(=O)OC)c2ccc(OC)c(OC)c2)cc1OCC=C. The Labute approximate surface area is 205 Å². The number of hydrogen-bond acceptors (Lipinski definition) is 7. The van der Waals surface area contributed by atoms with Crippen molar-refractivity contribution in [3.8, 4) is 23.0 Å². The summed E-state index contributed by atoms with van der Waals surface area (Å²) in [5.74, 6) is 1.23. The minimum atomic E-state index is -0.638. The second-order valence-electron chi connectivity index (χ2n) is 7.19. The molecule has 2 aromatic carbocycles. The molecule has 0 aliphatic heterocycles. The van der Waals surface area contributed by atoms with Gasteiger partial charge >= 0.3 is 5.97 Å². The molecule has 8 nitrogen and oxygen atoms in total. The summed E-state index contributed by atoms with van der Waals surface area (Å²) < 4.78 is 26.7. The summed E-state index contributed by atoms with van der Waals surface area (Å²) in [6, 6.07) is 9.84. The topological polar surface area (TPSA) is 92.3 Å². The highest BCUT2D eigenvalue weighted by atomic mass is 16.5. The first kappa shape index (κ1) is 27.0. The van der Waals surface area contributed by atoms with Gasteiger partial charge in [0.1, 0.15) is 13.2 Å². The van der Waals surface area contributed by atoms with E-state index in [1.54, 1.807) is 54.6 Å². The highest BCUT2D eigenvalue weighted by Gasteiger charge is 2.20. The van der Waals surface area contributed by atoms with Crippen LogP contribution in [0.3, 0.4) is 0 Å². The minimum Gasteiger partial charge on any atom is -0.493 e. The fourth-order valence-corrected chi connectivity index (χ4v) is 3.12. The number of ether oxygens (including phenoxy) is 5. The summed E-state index contributed by atoms with van der Waals surface area (Å²) in [7, 11) is 4.34. The van der Waals surface area contributed by atoms with Crippen LogP contribution in [-0.4, -0.2) is 46.4 Å². The van der Waals surface area contributed by atoms with Crippen molar-refractivity contribution in [2.45, 2.75) is 12.5 Å². The van der Waals surface area contributed by atoms with Crippen LogP contribution in [0, 0.1) is 0 Å². The lowest BCUT2D eigenvalue weighted by molar-refractivity contribution is -0.141. The van der Waals surface area contributed by atoms with E-state index >= 15 is 0 Å². The average Bonchev–Trinajstić information content (AvgIpc) is 2.88. The van der Waals surface area contributed by atoms with Gasteiger partial charge in [-0.15, -0.1) is 0 Å². The third kappa shape index (κ3) is 8.26. The monoisotopic (exact) mass is 481 g/mol. The second kappa shape index (κ2) is 14.1. The van der Waals surface area contributed by atoms with E-state index in [1.165, 1.54) is 27.4 Å². The number of rotatable bonds is 14. The van der Waals surface area contributed by atoms with Crippen molar-refractivity contribution in [3.63, 3.8) is 0 Å². The lowest BCUT2D eigenvalue weighted by Gasteiger charge is -2.19. The van der Waals surface area contributed by atoms with Gasteiger partial charge in [0.05, 0.1) is 33.8 Å². The molecule has 2 rings (SSSR count). The average molecular weight is 482 g/mol. The van der Waals surface area contributed by atoms with Gasteiger partial charge in [0.15, 0.2) is 23.0 Å². The lowest BCUT2D eigenvalue weighted by Crippen LogP contribution is -2.29. The Hall–Kier alpha value is -4.20. The number of benzene rings is 2. The zero-order valence-corrected chi connectivity index (χ0v) is 20.2. The van der Waals surface area contributed by atoms with Gasteiger partial charge in [0.2, 0.25) is 5.91 Å². The number of amides is 1. The molecule has 1 amide bonds. The summed E-state index contributed by atoms with van der Waals surface area (Å²) in [5.41, 5.74) is 1.39. The molecule has 2 aromatic rings. The molecule has 0 bridgehead atoms. The number of nitrogens with one attached hydrogen (secondary N) is 1. The van der Waals surface area contributed by atoms with Crippen LogP contribution in [0.25, 0.3) is 6.08 Å². The Kier molecular flexibility index (Phi) is 10.9. The molecule has 0 saturated heterocycles. The fourth-order valence-electron chi connectivity index (χ4n) is 3.12. The summed E-state index contributed by atoms with van der Waals surface area (Å²) in [6.45, 7) is 7.93. The van der Waals surface area contributed by atoms with Crippen molar-refractivity contribution < 1.29 is 33.3 Å². The molecular formula is C27H31NO7. The maximum atomic E-state index is 12.7. The van der Waals surface area contributed by atoms with Crippen LogP contribution in [0.15, 0.2) is 67.8 Å². The molecule has 0 aliphatic carbocycles. The summed E-state index contributed by atoms with van der Waals surface area (Å²) >= 11 is 0. The van der Waals surface area contributed by atoms with E-state index in [0.717, 1.165) is 5.56 Å². The fraction of sp³-hybridized carbons (Fsp3) is 0.259. The molecule has 35 heavy (non-hydrogen) atoms. The van der Waals surface area contributed by atoms with Gasteiger partial charge in [0, 0.05) is 6.08 Å². The molecule has 0 fully saturated rings. The predicted molar refractivity (Wildman–Crippen MR) is 134 cm³/mol. The largest absolute Gasteiger partial charge is 0.493 e. The first-order valence-electron chi connectivity index (χ1n) is 10.8. The van der Waals surface area contributed by atoms with Crippen molar-refractivity contribution >= 4 is 18.0 Å². The molecule has 1 unspecified atom stereocenters. The third-order valence-electron chi connectivity index (χ3n) is 4.83. The normalized spacial score (nSPS) is 11.3. The standard InChI is InChI=1S/C27H31NO7/c1-6-14-34-23-11-8-19(16-25(23)35-15-7-2)9-13-26(29)28-21(18-27(30)33-5)20-10-12-22(31-3)24(17-20)32-4/h6-13,16-17,21H,1-2,14-15,18H2,3-5H3,(H,28,29)/b13-9+. The van der Waals surface area contributed by atoms with Crippen LogP contribution in [0.2, 0.25) is 0 Å². The Balaban J connectivity index is 2.22. The van der Waals surface area contributed by atoms with Crippen LogP contribution in [0.5, 0.6) is 23.0 Å². The van der Waals surface area contributed by atoms with Crippen molar-refractivity contribution in [2.24, 2.45) is 0 Å².